The van der Waals surface area contributed by atoms with Crippen LogP contribution in [0.4, 0.5) is 4.79 Å². The van der Waals surface area contributed by atoms with Crippen LogP contribution >= 0.6 is 0 Å². The van der Waals surface area contributed by atoms with E-state index in [-0.39, 0.29) is 6.04 Å². The molecule has 7 heteroatoms. The van der Waals surface area contributed by atoms with E-state index in [1.807, 2.05) is 6.92 Å². The Morgan fingerprint density at radius 3 is 2.45 bits per heavy atom. The Hall–Kier alpha value is -2.05. The standard InChI is InChI=1S/C13H22N4O3/c1-5-8(10-14-6-7-15-10)16-12(20)17-9(11(18)19)13(2,3)4/h6-9H,5H2,1-4H3,(H,14,15)(H,18,19)(H2,16,17,20). The Labute approximate surface area is 118 Å². The first kappa shape index (κ1) is 16.0. The fourth-order valence-electron chi connectivity index (χ4n) is 1.81. The van der Waals surface area contributed by atoms with Crippen LogP contribution in [0.15, 0.2) is 12.4 Å². The number of imidazole rings is 1. The zero-order valence-electron chi connectivity index (χ0n) is 12.2. The van der Waals surface area contributed by atoms with Crippen molar-refractivity contribution in [3.8, 4) is 0 Å². The number of aromatic amines is 1. The molecule has 0 radical (unpaired) electrons. The topological polar surface area (TPSA) is 107 Å². The van der Waals surface area contributed by atoms with Crippen molar-refractivity contribution in [3.63, 3.8) is 0 Å². The highest BCUT2D eigenvalue weighted by atomic mass is 16.4. The summed E-state index contributed by atoms with van der Waals surface area (Å²) in [5.74, 6) is -0.413. The lowest BCUT2D eigenvalue weighted by Crippen LogP contribution is -2.52. The summed E-state index contributed by atoms with van der Waals surface area (Å²) in [6.45, 7) is 7.19. The number of aliphatic carboxylic acids is 1. The Bertz CT molecular complexity index is 451. The Balaban J connectivity index is 2.68. The minimum atomic E-state index is -1.06. The molecule has 7 nitrogen and oxygen atoms in total. The lowest BCUT2D eigenvalue weighted by atomic mass is 9.87. The molecule has 0 saturated heterocycles. The van der Waals surface area contributed by atoms with E-state index in [0.717, 1.165) is 0 Å². The van der Waals surface area contributed by atoms with Crippen LogP contribution in [0.3, 0.4) is 0 Å². The molecule has 0 saturated carbocycles. The van der Waals surface area contributed by atoms with Crippen LogP contribution in [0.25, 0.3) is 0 Å². The maximum atomic E-state index is 11.9. The number of nitrogens with zero attached hydrogens (tertiary/aromatic N) is 1. The Morgan fingerprint density at radius 1 is 1.40 bits per heavy atom. The lowest BCUT2D eigenvalue weighted by molar-refractivity contribution is -0.141. The first-order valence-corrected chi connectivity index (χ1v) is 6.54. The van der Waals surface area contributed by atoms with Gasteiger partial charge in [0.05, 0.1) is 6.04 Å². The molecule has 1 aromatic heterocycles. The highest BCUT2D eigenvalue weighted by Gasteiger charge is 2.33. The number of urea groups is 1. The second-order valence-electron chi connectivity index (χ2n) is 5.69. The fourth-order valence-corrected chi connectivity index (χ4v) is 1.81. The quantitative estimate of drug-likeness (QED) is 0.658. The maximum absolute atomic E-state index is 11.9. The van der Waals surface area contributed by atoms with E-state index in [9.17, 15) is 14.7 Å². The minimum absolute atomic E-state index is 0.278. The SMILES string of the molecule is CCC(NC(=O)NC(C(=O)O)C(C)(C)C)c1ncc[nH]1. The molecule has 2 amide bonds. The summed E-state index contributed by atoms with van der Waals surface area (Å²) in [5, 5.41) is 14.4. The molecule has 0 bridgehead atoms. The van der Waals surface area contributed by atoms with Crippen LogP contribution in [-0.2, 0) is 4.79 Å². The van der Waals surface area contributed by atoms with Crippen molar-refractivity contribution < 1.29 is 14.7 Å². The van der Waals surface area contributed by atoms with Gasteiger partial charge in [-0.3, -0.25) is 0 Å². The van der Waals surface area contributed by atoms with E-state index < -0.39 is 23.5 Å². The van der Waals surface area contributed by atoms with Gasteiger partial charge in [0.25, 0.3) is 0 Å². The third-order valence-corrected chi connectivity index (χ3v) is 2.95. The summed E-state index contributed by atoms with van der Waals surface area (Å²) in [5.41, 5.74) is -0.574. The van der Waals surface area contributed by atoms with Gasteiger partial charge < -0.3 is 20.7 Å². The molecule has 0 aliphatic carbocycles. The first-order chi connectivity index (χ1) is 9.25. The number of carbonyl (C=O) groups excluding carboxylic acids is 1. The number of aromatic nitrogens is 2. The van der Waals surface area contributed by atoms with Gasteiger partial charge in [-0.25, -0.2) is 14.6 Å². The van der Waals surface area contributed by atoms with Crippen molar-refractivity contribution in [2.24, 2.45) is 5.41 Å². The fraction of sp³-hybridized carbons (Fsp3) is 0.615. The second-order valence-corrected chi connectivity index (χ2v) is 5.69. The molecule has 2 atom stereocenters. The van der Waals surface area contributed by atoms with Gasteiger partial charge in [-0.1, -0.05) is 27.7 Å². The second kappa shape index (κ2) is 6.40. The van der Waals surface area contributed by atoms with Crippen molar-refractivity contribution in [2.75, 3.05) is 0 Å². The molecule has 0 aliphatic heterocycles. The average molecular weight is 282 g/mol. The molecule has 0 aromatic carbocycles. The molecule has 0 aliphatic rings. The number of H-pyrrole nitrogens is 1. The van der Waals surface area contributed by atoms with E-state index in [1.54, 1.807) is 33.2 Å². The van der Waals surface area contributed by atoms with Crippen molar-refractivity contribution >= 4 is 12.0 Å². The summed E-state index contributed by atoms with van der Waals surface area (Å²) in [7, 11) is 0. The predicted molar refractivity (Wildman–Crippen MR) is 74.2 cm³/mol. The summed E-state index contributed by atoms with van der Waals surface area (Å²) in [6, 6.07) is -1.76. The van der Waals surface area contributed by atoms with E-state index in [2.05, 4.69) is 20.6 Å². The van der Waals surface area contributed by atoms with Crippen LogP contribution in [0.5, 0.6) is 0 Å². The zero-order chi connectivity index (χ0) is 15.3. The maximum Gasteiger partial charge on any atom is 0.326 e. The van der Waals surface area contributed by atoms with E-state index in [0.29, 0.717) is 12.2 Å². The number of rotatable bonds is 5. The van der Waals surface area contributed by atoms with E-state index in [4.69, 9.17) is 0 Å². The Kier molecular flexibility index (Phi) is 5.12. The number of hydrogen-bond acceptors (Lipinski definition) is 3. The van der Waals surface area contributed by atoms with Gasteiger partial charge in [-0.2, -0.15) is 0 Å². The van der Waals surface area contributed by atoms with Crippen molar-refractivity contribution in [1.82, 2.24) is 20.6 Å². The molecular formula is C13H22N4O3. The van der Waals surface area contributed by atoms with Crippen molar-refractivity contribution in [2.45, 2.75) is 46.2 Å². The average Bonchev–Trinajstić information content (AvgIpc) is 2.84. The normalized spacial score (nSPS) is 14.4. The monoisotopic (exact) mass is 282 g/mol. The molecule has 1 rings (SSSR count). The number of carbonyl (C=O) groups is 2. The van der Waals surface area contributed by atoms with Gasteiger partial charge in [0.15, 0.2) is 0 Å². The van der Waals surface area contributed by atoms with Gasteiger partial charge >= 0.3 is 12.0 Å². The van der Waals surface area contributed by atoms with Crippen LogP contribution in [0.2, 0.25) is 0 Å². The summed E-state index contributed by atoms with van der Waals surface area (Å²) in [4.78, 5) is 30.2. The number of hydrogen-bond donors (Lipinski definition) is 4. The largest absolute Gasteiger partial charge is 0.480 e. The number of carboxylic acids is 1. The molecule has 4 N–H and O–H groups in total. The molecule has 0 fully saturated rings. The molecule has 2 unspecified atom stereocenters. The molecule has 1 heterocycles. The minimum Gasteiger partial charge on any atom is -0.480 e. The lowest BCUT2D eigenvalue weighted by Gasteiger charge is -2.28. The highest BCUT2D eigenvalue weighted by molar-refractivity contribution is 5.83. The van der Waals surface area contributed by atoms with Crippen LogP contribution < -0.4 is 10.6 Å². The molecule has 0 spiro atoms. The zero-order valence-corrected chi connectivity index (χ0v) is 12.2. The molecule has 20 heavy (non-hydrogen) atoms. The third-order valence-electron chi connectivity index (χ3n) is 2.95. The highest BCUT2D eigenvalue weighted by Crippen LogP contribution is 2.19. The number of amides is 2. The number of nitrogens with one attached hydrogen (secondary N) is 3. The Morgan fingerprint density at radius 2 is 2.05 bits per heavy atom. The van der Waals surface area contributed by atoms with Crippen molar-refractivity contribution in [1.29, 1.82) is 0 Å². The van der Waals surface area contributed by atoms with Gasteiger partial charge in [0.1, 0.15) is 11.9 Å². The summed E-state index contributed by atoms with van der Waals surface area (Å²) in [6.07, 6.45) is 3.92. The van der Waals surface area contributed by atoms with E-state index >= 15 is 0 Å². The third kappa shape index (κ3) is 4.25. The predicted octanol–water partition coefficient (Wildman–Crippen LogP) is 1.66. The van der Waals surface area contributed by atoms with Crippen LogP contribution in [0, 0.1) is 5.41 Å². The van der Waals surface area contributed by atoms with Crippen LogP contribution in [0.1, 0.15) is 46.0 Å². The van der Waals surface area contributed by atoms with Crippen LogP contribution in [-0.4, -0.2) is 33.1 Å². The smallest absolute Gasteiger partial charge is 0.326 e. The molecule has 112 valence electrons. The van der Waals surface area contributed by atoms with Gasteiger partial charge in [-0.15, -0.1) is 0 Å². The number of carboxylic acid groups (broad SMARTS) is 1. The van der Waals surface area contributed by atoms with Gasteiger partial charge in [0, 0.05) is 12.4 Å². The van der Waals surface area contributed by atoms with Gasteiger partial charge in [0.2, 0.25) is 0 Å². The first-order valence-electron chi connectivity index (χ1n) is 6.54. The van der Waals surface area contributed by atoms with Gasteiger partial charge in [-0.05, 0) is 11.8 Å². The summed E-state index contributed by atoms with van der Waals surface area (Å²) >= 11 is 0. The summed E-state index contributed by atoms with van der Waals surface area (Å²) < 4.78 is 0. The van der Waals surface area contributed by atoms with E-state index in [1.165, 1.54) is 0 Å². The molecule has 1 aromatic rings. The van der Waals surface area contributed by atoms with Crippen molar-refractivity contribution in [3.05, 3.63) is 18.2 Å². The molecular weight excluding hydrogens is 260 g/mol.